The topological polar surface area (TPSA) is 106 Å². The van der Waals surface area contributed by atoms with Crippen molar-refractivity contribution < 1.29 is 28.7 Å². The first kappa shape index (κ1) is 13.0. The maximum atomic E-state index is 10.8. The van der Waals surface area contributed by atoms with E-state index in [1.54, 1.807) is 6.92 Å². The normalized spacial score (nSPS) is 14.4. The Morgan fingerprint density at radius 2 is 2.31 bits per heavy atom. The minimum absolute atomic E-state index is 0.297. The van der Waals surface area contributed by atoms with Gasteiger partial charge in [-0.1, -0.05) is 0 Å². The van der Waals surface area contributed by atoms with Gasteiger partial charge >= 0.3 is 7.82 Å². The molecule has 0 bridgehead atoms. The molecule has 0 aromatic carbocycles. The van der Waals surface area contributed by atoms with Crippen LogP contribution < -0.4 is 0 Å². The van der Waals surface area contributed by atoms with Crippen LogP contribution in [0.5, 0.6) is 0 Å². The first-order chi connectivity index (χ1) is 7.48. The van der Waals surface area contributed by atoms with Gasteiger partial charge in [-0.2, -0.15) is 0 Å². The molecule has 7 nitrogen and oxygen atoms in total. The van der Waals surface area contributed by atoms with Crippen LogP contribution in [0.25, 0.3) is 0 Å². The lowest BCUT2D eigenvalue weighted by atomic mass is 10.1. The number of pyridine rings is 1. The van der Waals surface area contributed by atoms with Gasteiger partial charge in [0.05, 0.1) is 6.61 Å². The van der Waals surface area contributed by atoms with Crippen molar-refractivity contribution in [3.05, 3.63) is 29.1 Å². The van der Waals surface area contributed by atoms with Crippen LogP contribution in [0.15, 0.2) is 12.3 Å². The summed E-state index contributed by atoms with van der Waals surface area (Å²) >= 11 is 0. The Balaban J connectivity index is 2.82. The van der Waals surface area contributed by atoms with Crippen molar-refractivity contribution in [2.45, 2.75) is 13.5 Å². The van der Waals surface area contributed by atoms with E-state index in [2.05, 4.69) is 14.2 Å². The number of phosphoric acid groups is 1. The van der Waals surface area contributed by atoms with Crippen molar-refractivity contribution >= 4 is 14.1 Å². The van der Waals surface area contributed by atoms with Gasteiger partial charge in [0.2, 0.25) is 0 Å². The van der Waals surface area contributed by atoms with Gasteiger partial charge in [-0.3, -0.25) is 14.3 Å². The van der Waals surface area contributed by atoms with Gasteiger partial charge in [0.25, 0.3) is 0 Å². The molecular formula is C8H10NO6P. The van der Waals surface area contributed by atoms with Crippen LogP contribution in [-0.2, 0) is 20.4 Å². The summed E-state index contributed by atoms with van der Waals surface area (Å²) < 4.78 is 18.4. The van der Waals surface area contributed by atoms with Crippen LogP contribution in [-0.4, -0.2) is 21.4 Å². The number of hydrogen-bond donors (Lipinski definition) is 2. The van der Waals surface area contributed by atoms with E-state index in [9.17, 15) is 9.36 Å². The highest BCUT2D eigenvalue weighted by atomic mass is 31.2. The zero-order valence-corrected chi connectivity index (χ0v) is 9.26. The van der Waals surface area contributed by atoms with Gasteiger partial charge in [0, 0.05) is 23.0 Å². The van der Waals surface area contributed by atoms with Crippen LogP contribution in [0, 0.1) is 6.92 Å². The van der Waals surface area contributed by atoms with Crippen molar-refractivity contribution in [3.8, 4) is 0 Å². The first-order valence-electron chi connectivity index (χ1n) is 4.19. The fourth-order valence-corrected chi connectivity index (χ4v) is 1.36. The van der Waals surface area contributed by atoms with Crippen molar-refractivity contribution in [3.63, 3.8) is 0 Å². The second-order valence-electron chi connectivity index (χ2n) is 2.97. The van der Waals surface area contributed by atoms with Crippen molar-refractivity contribution in [2.24, 2.45) is 0 Å². The van der Waals surface area contributed by atoms with Gasteiger partial charge in [0.1, 0.15) is 0 Å². The fraction of sp³-hybridized carbons (Fsp3) is 0.250. The SMILES string of the molecule is Cc1cc(C=O)c(COP(=O)(O)OO)cn1. The van der Waals surface area contributed by atoms with Gasteiger partial charge in [-0.25, -0.2) is 9.82 Å². The number of aldehydes is 1. The summed E-state index contributed by atoms with van der Waals surface area (Å²) in [5, 5.41) is 8.02. The van der Waals surface area contributed by atoms with Crippen LogP contribution in [0.3, 0.4) is 0 Å². The van der Waals surface area contributed by atoms with E-state index in [-0.39, 0.29) is 6.61 Å². The third-order valence-electron chi connectivity index (χ3n) is 1.77. The molecule has 0 fully saturated rings. The lowest BCUT2D eigenvalue weighted by Gasteiger charge is -2.08. The fourth-order valence-electron chi connectivity index (χ4n) is 1.01. The molecule has 0 saturated carbocycles. The second kappa shape index (κ2) is 5.29. The molecule has 16 heavy (non-hydrogen) atoms. The number of carbonyl (C=O) groups excluding carboxylic acids is 1. The number of aryl methyl sites for hydroxylation is 1. The molecule has 1 rings (SSSR count). The van der Waals surface area contributed by atoms with E-state index in [0.29, 0.717) is 23.1 Å². The summed E-state index contributed by atoms with van der Waals surface area (Å²) in [6.07, 6.45) is 1.92. The molecule has 0 spiro atoms. The highest BCUT2D eigenvalue weighted by Crippen LogP contribution is 2.42. The zero-order chi connectivity index (χ0) is 12.2. The largest absolute Gasteiger partial charge is 0.499 e. The molecule has 0 saturated heterocycles. The Morgan fingerprint density at radius 3 is 2.88 bits per heavy atom. The van der Waals surface area contributed by atoms with E-state index in [1.165, 1.54) is 12.3 Å². The van der Waals surface area contributed by atoms with Gasteiger partial charge in [-0.05, 0) is 13.0 Å². The Hall–Kier alpha value is -1.11. The van der Waals surface area contributed by atoms with E-state index in [1.807, 2.05) is 0 Å². The summed E-state index contributed by atoms with van der Waals surface area (Å²) in [6.45, 7) is 1.33. The van der Waals surface area contributed by atoms with Crippen LogP contribution in [0.4, 0.5) is 0 Å². The molecule has 2 N–H and O–H groups in total. The van der Waals surface area contributed by atoms with Crippen LogP contribution >= 0.6 is 7.82 Å². The first-order valence-corrected chi connectivity index (χ1v) is 5.69. The predicted molar refractivity (Wildman–Crippen MR) is 52.7 cm³/mol. The number of carbonyl (C=O) groups is 1. The molecule has 1 atom stereocenters. The van der Waals surface area contributed by atoms with Gasteiger partial charge in [-0.15, -0.1) is 4.67 Å². The minimum atomic E-state index is -4.47. The molecular weight excluding hydrogens is 237 g/mol. The second-order valence-corrected chi connectivity index (χ2v) is 4.32. The lowest BCUT2D eigenvalue weighted by molar-refractivity contribution is -0.163. The standard InChI is InChI=1S/C8H10NO6P/c1-6-2-7(4-10)8(3-9-6)5-14-16(12,13)15-11/h2-4,11H,5H2,1H3,(H,12,13). The van der Waals surface area contributed by atoms with Gasteiger partial charge in [0.15, 0.2) is 6.29 Å². The van der Waals surface area contributed by atoms with Crippen molar-refractivity contribution in [1.29, 1.82) is 0 Å². The molecule has 88 valence electrons. The third-order valence-corrected chi connectivity index (χ3v) is 2.43. The predicted octanol–water partition coefficient (Wildman–Crippen LogP) is 1.31. The molecule has 0 amide bonds. The molecule has 8 heteroatoms. The molecule has 1 unspecified atom stereocenters. The molecule has 0 aliphatic heterocycles. The van der Waals surface area contributed by atoms with E-state index < -0.39 is 7.82 Å². The van der Waals surface area contributed by atoms with E-state index in [4.69, 9.17) is 10.2 Å². The molecule has 0 aliphatic carbocycles. The van der Waals surface area contributed by atoms with Crippen molar-refractivity contribution in [2.75, 3.05) is 0 Å². The molecule has 1 heterocycles. The summed E-state index contributed by atoms with van der Waals surface area (Å²) in [6, 6.07) is 1.51. The lowest BCUT2D eigenvalue weighted by Crippen LogP contribution is -1.99. The van der Waals surface area contributed by atoms with Crippen LogP contribution in [0.2, 0.25) is 0 Å². The Bertz CT molecular complexity index is 435. The number of hydrogen-bond acceptors (Lipinski definition) is 6. The number of phosphoric ester groups is 1. The molecule has 1 aromatic heterocycles. The summed E-state index contributed by atoms with van der Waals surface area (Å²) in [5.41, 5.74) is 1.26. The smallest absolute Gasteiger partial charge is 0.301 e. The summed E-state index contributed by atoms with van der Waals surface area (Å²) in [5.74, 6) is 0. The highest BCUT2D eigenvalue weighted by Gasteiger charge is 2.21. The maximum absolute atomic E-state index is 10.8. The van der Waals surface area contributed by atoms with Crippen molar-refractivity contribution in [1.82, 2.24) is 4.98 Å². The molecule has 0 radical (unpaired) electrons. The van der Waals surface area contributed by atoms with E-state index in [0.717, 1.165) is 0 Å². The maximum Gasteiger partial charge on any atom is 0.499 e. The number of nitrogens with zero attached hydrogens (tertiary/aromatic N) is 1. The van der Waals surface area contributed by atoms with Crippen LogP contribution in [0.1, 0.15) is 21.6 Å². The summed E-state index contributed by atoms with van der Waals surface area (Å²) in [7, 11) is -4.47. The molecule has 1 aromatic rings. The number of aromatic nitrogens is 1. The zero-order valence-electron chi connectivity index (χ0n) is 8.36. The Morgan fingerprint density at radius 1 is 1.62 bits per heavy atom. The Kier molecular flexibility index (Phi) is 4.28. The average molecular weight is 247 g/mol. The highest BCUT2D eigenvalue weighted by molar-refractivity contribution is 7.47. The minimum Gasteiger partial charge on any atom is -0.301 e. The Labute approximate surface area is 91.2 Å². The average Bonchev–Trinajstić information content (AvgIpc) is 2.27. The number of rotatable bonds is 5. The monoisotopic (exact) mass is 247 g/mol. The summed E-state index contributed by atoms with van der Waals surface area (Å²) in [4.78, 5) is 23.3. The third kappa shape index (κ3) is 3.48. The quantitative estimate of drug-likeness (QED) is 0.349. The van der Waals surface area contributed by atoms with Gasteiger partial charge < -0.3 is 4.89 Å². The van der Waals surface area contributed by atoms with E-state index >= 15 is 0 Å². The molecule has 0 aliphatic rings.